The number of furan rings is 1. The fraction of sp³-hybridized carbons (Fsp3) is 0.227. The molecule has 0 spiro atoms. The first-order valence-corrected chi connectivity index (χ1v) is 10.9. The Balaban J connectivity index is 1.51. The highest BCUT2D eigenvalue weighted by Gasteiger charge is 2.18. The molecule has 1 aromatic carbocycles. The number of aromatic nitrogens is 3. The molecule has 0 bridgehead atoms. The fourth-order valence-electron chi connectivity index (χ4n) is 3.31. The van der Waals surface area contributed by atoms with E-state index in [2.05, 4.69) is 16.3 Å². The number of benzene rings is 1. The number of hydrogen-bond acceptors (Lipinski definition) is 5. The standard InChI is InChI=1S/C22H22N4O2S2/c1-16-5-2-6-17(13-16)21-23-24-22(29)26(21)10-9-20(27)25(14-18-7-3-11-28-18)15-19-8-4-12-30-19/h2-8,11-13H,9-10,14-15H2,1H3,(H,24,29). The molecule has 0 atom stereocenters. The summed E-state index contributed by atoms with van der Waals surface area (Å²) in [4.78, 5) is 16.1. The lowest BCUT2D eigenvalue weighted by molar-refractivity contribution is -0.132. The van der Waals surface area contributed by atoms with Crippen molar-refractivity contribution in [2.24, 2.45) is 0 Å². The second-order valence-corrected chi connectivity index (χ2v) is 8.45. The molecule has 0 aliphatic heterocycles. The molecule has 8 heteroatoms. The molecule has 154 valence electrons. The van der Waals surface area contributed by atoms with Gasteiger partial charge < -0.3 is 9.32 Å². The van der Waals surface area contributed by atoms with Gasteiger partial charge in [0.15, 0.2) is 10.6 Å². The van der Waals surface area contributed by atoms with Gasteiger partial charge in [0.2, 0.25) is 5.91 Å². The SMILES string of the molecule is Cc1cccc(-c2n[nH]c(=S)n2CCC(=O)N(Cc2ccco2)Cc2cccs2)c1. The zero-order chi connectivity index (χ0) is 20.9. The van der Waals surface area contributed by atoms with Gasteiger partial charge in [-0.15, -0.1) is 11.3 Å². The highest BCUT2D eigenvalue weighted by Crippen LogP contribution is 2.20. The first-order chi connectivity index (χ1) is 14.6. The van der Waals surface area contributed by atoms with Crippen LogP contribution in [0.2, 0.25) is 0 Å². The molecule has 0 radical (unpaired) electrons. The van der Waals surface area contributed by atoms with Crippen molar-refractivity contribution in [3.63, 3.8) is 0 Å². The first-order valence-electron chi connectivity index (χ1n) is 9.65. The first kappa shape index (κ1) is 20.3. The van der Waals surface area contributed by atoms with Crippen molar-refractivity contribution in [1.29, 1.82) is 0 Å². The number of aryl methyl sites for hydroxylation is 1. The maximum atomic E-state index is 13.1. The quantitative estimate of drug-likeness (QED) is 0.385. The minimum atomic E-state index is 0.0399. The summed E-state index contributed by atoms with van der Waals surface area (Å²) in [5.74, 6) is 1.55. The van der Waals surface area contributed by atoms with Crippen LogP contribution in [0, 0.1) is 11.7 Å². The number of aromatic amines is 1. The molecule has 0 saturated heterocycles. The zero-order valence-corrected chi connectivity index (χ0v) is 18.2. The Morgan fingerprint density at radius 1 is 1.23 bits per heavy atom. The van der Waals surface area contributed by atoms with Crippen LogP contribution in [0.1, 0.15) is 22.6 Å². The monoisotopic (exact) mass is 438 g/mol. The van der Waals surface area contributed by atoms with Crippen molar-refractivity contribution in [2.75, 3.05) is 0 Å². The molecule has 3 aromatic heterocycles. The van der Waals surface area contributed by atoms with E-state index < -0.39 is 0 Å². The minimum absolute atomic E-state index is 0.0399. The van der Waals surface area contributed by atoms with Crippen LogP contribution in [0.4, 0.5) is 0 Å². The number of nitrogens with zero attached hydrogens (tertiary/aromatic N) is 3. The summed E-state index contributed by atoms with van der Waals surface area (Å²) < 4.78 is 7.86. The average Bonchev–Trinajstić information content (AvgIpc) is 3.49. The van der Waals surface area contributed by atoms with E-state index in [1.807, 2.05) is 64.2 Å². The van der Waals surface area contributed by atoms with Gasteiger partial charge in [0.1, 0.15) is 5.76 Å². The van der Waals surface area contributed by atoms with E-state index >= 15 is 0 Å². The van der Waals surface area contributed by atoms with Gasteiger partial charge in [-0.3, -0.25) is 14.5 Å². The van der Waals surface area contributed by atoms with Crippen LogP contribution < -0.4 is 0 Å². The third-order valence-corrected chi connectivity index (χ3v) is 5.96. The van der Waals surface area contributed by atoms with E-state index in [4.69, 9.17) is 16.6 Å². The molecule has 0 fully saturated rings. The molecule has 30 heavy (non-hydrogen) atoms. The Kier molecular flexibility index (Phi) is 6.25. The second-order valence-electron chi connectivity index (χ2n) is 7.03. The number of amides is 1. The largest absolute Gasteiger partial charge is 0.467 e. The topological polar surface area (TPSA) is 67.1 Å². The fourth-order valence-corrected chi connectivity index (χ4v) is 4.25. The van der Waals surface area contributed by atoms with Crippen molar-refractivity contribution in [1.82, 2.24) is 19.7 Å². The molecule has 1 N–H and O–H groups in total. The van der Waals surface area contributed by atoms with Crippen LogP contribution in [0.5, 0.6) is 0 Å². The third kappa shape index (κ3) is 4.77. The molecule has 0 saturated carbocycles. The van der Waals surface area contributed by atoms with E-state index in [9.17, 15) is 4.79 Å². The number of hydrogen-bond donors (Lipinski definition) is 1. The van der Waals surface area contributed by atoms with E-state index in [1.165, 1.54) is 0 Å². The number of thiophene rings is 1. The Morgan fingerprint density at radius 2 is 2.13 bits per heavy atom. The molecule has 6 nitrogen and oxygen atoms in total. The molecule has 0 aliphatic carbocycles. The smallest absolute Gasteiger partial charge is 0.225 e. The maximum Gasteiger partial charge on any atom is 0.225 e. The molecule has 1 amide bonds. The number of carbonyl (C=O) groups excluding carboxylic acids is 1. The van der Waals surface area contributed by atoms with Gasteiger partial charge in [0.05, 0.1) is 19.4 Å². The Labute approximate surface area is 183 Å². The van der Waals surface area contributed by atoms with Crippen molar-refractivity contribution >= 4 is 29.5 Å². The van der Waals surface area contributed by atoms with E-state index in [-0.39, 0.29) is 5.91 Å². The number of rotatable bonds is 8. The summed E-state index contributed by atoms with van der Waals surface area (Å²) >= 11 is 7.06. The van der Waals surface area contributed by atoms with Crippen molar-refractivity contribution in [3.8, 4) is 11.4 Å². The van der Waals surface area contributed by atoms with Gasteiger partial charge in [-0.25, -0.2) is 0 Å². The molecule has 0 unspecified atom stereocenters. The van der Waals surface area contributed by atoms with Crippen LogP contribution in [-0.2, 0) is 24.4 Å². The normalized spacial score (nSPS) is 11.0. The zero-order valence-electron chi connectivity index (χ0n) is 16.6. The van der Waals surface area contributed by atoms with Crippen LogP contribution in [0.15, 0.2) is 64.6 Å². The van der Waals surface area contributed by atoms with Gasteiger partial charge in [-0.2, -0.15) is 5.10 Å². The lowest BCUT2D eigenvalue weighted by Gasteiger charge is -2.21. The van der Waals surface area contributed by atoms with Gasteiger partial charge in [-0.1, -0.05) is 29.8 Å². The van der Waals surface area contributed by atoms with E-state index in [1.54, 1.807) is 17.6 Å². The molecule has 4 aromatic rings. The highest BCUT2D eigenvalue weighted by molar-refractivity contribution is 7.71. The summed E-state index contributed by atoms with van der Waals surface area (Å²) in [6, 6.07) is 15.8. The van der Waals surface area contributed by atoms with Crippen molar-refractivity contribution in [3.05, 3.63) is 81.1 Å². The summed E-state index contributed by atoms with van der Waals surface area (Å²) in [5.41, 5.74) is 2.12. The maximum absolute atomic E-state index is 13.1. The van der Waals surface area contributed by atoms with Crippen molar-refractivity contribution < 1.29 is 9.21 Å². The molecular weight excluding hydrogens is 416 g/mol. The van der Waals surface area contributed by atoms with Gasteiger partial charge in [0, 0.05) is 23.4 Å². The Hall–Kier alpha value is -2.97. The predicted molar refractivity (Wildman–Crippen MR) is 119 cm³/mol. The highest BCUT2D eigenvalue weighted by atomic mass is 32.1. The molecular formula is C22H22N4O2S2. The van der Waals surface area contributed by atoms with Crippen LogP contribution in [0.3, 0.4) is 0 Å². The third-order valence-electron chi connectivity index (χ3n) is 4.79. The lowest BCUT2D eigenvalue weighted by atomic mass is 10.1. The Morgan fingerprint density at radius 3 is 2.87 bits per heavy atom. The van der Waals surface area contributed by atoms with Crippen LogP contribution >= 0.6 is 23.6 Å². The number of nitrogens with one attached hydrogen (secondary N) is 1. The summed E-state index contributed by atoms with van der Waals surface area (Å²) in [6.45, 7) is 3.48. The lowest BCUT2D eigenvalue weighted by Crippen LogP contribution is -2.30. The summed E-state index contributed by atoms with van der Waals surface area (Å²) in [6.07, 6.45) is 1.95. The summed E-state index contributed by atoms with van der Waals surface area (Å²) in [5, 5.41) is 9.26. The predicted octanol–water partition coefficient (Wildman–Crippen LogP) is 5.19. The van der Waals surface area contributed by atoms with E-state index in [0.717, 1.165) is 27.6 Å². The summed E-state index contributed by atoms with van der Waals surface area (Å²) in [7, 11) is 0. The molecule has 3 heterocycles. The number of H-pyrrole nitrogens is 1. The second kappa shape index (κ2) is 9.23. The molecule has 0 aliphatic rings. The van der Waals surface area contributed by atoms with Crippen molar-refractivity contribution in [2.45, 2.75) is 33.0 Å². The van der Waals surface area contributed by atoms with Crippen LogP contribution in [-0.4, -0.2) is 25.6 Å². The van der Waals surface area contributed by atoms with E-state index in [0.29, 0.717) is 30.8 Å². The Bertz CT molecular complexity index is 1120. The molecule has 4 rings (SSSR count). The van der Waals surface area contributed by atoms with Gasteiger partial charge in [0.25, 0.3) is 0 Å². The number of carbonyl (C=O) groups is 1. The van der Waals surface area contributed by atoms with Gasteiger partial charge in [-0.05, 0) is 48.8 Å². The minimum Gasteiger partial charge on any atom is -0.467 e. The van der Waals surface area contributed by atoms with Gasteiger partial charge >= 0.3 is 0 Å². The average molecular weight is 439 g/mol. The van der Waals surface area contributed by atoms with Crippen LogP contribution in [0.25, 0.3) is 11.4 Å².